The largest absolute Gasteiger partial charge is 0.324 e. The Morgan fingerprint density at radius 2 is 1.72 bits per heavy atom. The quantitative estimate of drug-likeness (QED) is 0.762. The SMILES string of the molecule is Cc1ccccc1NC(=O)c1cnc(Nc2ccc(C#N)cc2)nc1. The van der Waals surface area contributed by atoms with Gasteiger partial charge < -0.3 is 10.6 Å². The zero-order valence-corrected chi connectivity index (χ0v) is 13.5. The molecule has 2 aromatic carbocycles. The number of para-hydroxylation sites is 1. The Morgan fingerprint density at radius 1 is 1.04 bits per heavy atom. The van der Waals surface area contributed by atoms with Gasteiger partial charge in [-0.05, 0) is 42.8 Å². The van der Waals surface area contributed by atoms with E-state index in [2.05, 4.69) is 26.7 Å². The van der Waals surface area contributed by atoms with E-state index in [0.29, 0.717) is 17.1 Å². The summed E-state index contributed by atoms with van der Waals surface area (Å²) in [5, 5.41) is 14.6. The summed E-state index contributed by atoms with van der Waals surface area (Å²) in [4.78, 5) is 20.6. The molecule has 0 unspecified atom stereocenters. The molecule has 1 amide bonds. The number of anilines is 3. The van der Waals surface area contributed by atoms with Gasteiger partial charge in [0.05, 0.1) is 17.2 Å². The van der Waals surface area contributed by atoms with Gasteiger partial charge in [-0.1, -0.05) is 18.2 Å². The molecule has 0 saturated carbocycles. The minimum atomic E-state index is -0.265. The maximum atomic E-state index is 12.3. The molecule has 6 heteroatoms. The van der Waals surface area contributed by atoms with E-state index < -0.39 is 0 Å². The number of hydrogen-bond donors (Lipinski definition) is 2. The molecule has 25 heavy (non-hydrogen) atoms. The van der Waals surface area contributed by atoms with E-state index in [4.69, 9.17) is 5.26 Å². The highest BCUT2D eigenvalue weighted by molar-refractivity contribution is 6.04. The predicted molar refractivity (Wildman–Crippen MR) is 95.6 cm³/mol. The second-order valence-corrected chi connectivity index (χ2v) is 5.38. The molecular formula is C19H15N5O. The van der Waals surface area contributed by atoms with Crippen molar-refractivity contribution in [1.29, 1.82) is 5.26 Å². The molecule has 0 aliphatic carbocycles. The van der Waals surface area contributed by atoms with Crippen molar-refractivity contribution in [3.05, 3.63) is 77.6 Å². The van der Waals surface area contributed by atoms with Gasteiger partial charge in [-0.25, -0.2) is 9.97 Å². The lowest BCUT2D eigenvalue weighted by Crippen LogP contribution is -2.13. The number of nitriles is 1. The first-order valence-electron chi connectivity index (χ1n) is 7.62. The van der Waals surface area contributed by atoms with Crippen LogP contribution in [0.3, 0.4) is 0 Å². The van der Waals surface area contributed by atoms with Gasteiger partial charge >= 0.3 is 0 Å². The van der Waals surface area contributed by atoms with Crippen LogP contribution in [0.5, 0.6) is 0 Å². The number of aryl methyl sites for hydroxylation is 1. The lowest BCUT2D eigenvalue weighted by atomic mass is 10.2. The molecule has 3 rings (SSSR count). The fraction of sp³-hybridized carbons (Fsp3) is 0.0526. The maximum absolute atomic E-state index is 12.3. The van der Waals surface area contributed by atoms with E-state index in [1.807, 2.05) is 31.2 Å². The van der Waals surface area contributed by atoms with E-state index in [1.54, 1.807) is 24.3 Å². The van der Waals surface area contributed by atoms with Crippen LogP contribution in [-0.4, -0.2) is 15.9 Å². The van der Waals surface area contributed by atoms with Gasteiger partial charge in [0.2, 0.25) is 5.95 Å². The number of aromatic nitrogens is 2. The van der Waals surface area contributed by atoms with Crippen LogP contribution >= 0.6 is 0 Å². The van der Waals surface area contributed by atoms with Crippen molar-refractivity contribution in [2.75, 3.05) is 10.6 Å². The second-order valence-electron chi connectivity index (χ2n) is 5.38. The topological polar surface area (TPSA) is 90.7 Å². The second kappa shape index (κ2) is 7.23. The number of nitrogens with zero attached hydrogens (tertiary/aromatic N) is 3. The average molecular weight is 329 g/mol. The maximum Gasteiger partial charge on any atom is 0.258 e. The highest BCUT2D eigenvalue weighted by atomic mass is 16.1. The van der Waals surface area contributed by atoms with Crippen molar-refractivity contribution in [2.45, 2.75) is 6.92 Å². The zero-order chi connectivity index (χ0) is 17.6. The van der Waals surface area contributed by atoms with Crippen LogP contribution < -0.4 is 10.6 Å². The molecule has 122 valence electrons. The number of carbonyl (C=O) groups is 1. The molecule has 1 aromatic heterocycles. The lowest BCUT2D eigenvalue weighted by Gasteiger charge is -2.08. The van der Waals surface area contributed by atoms with E-state index >= 15 is 0 Å². The molecule has 0 atom stereocenters. The molecule has 0 spiro atoms. The van der Waals surface area contributed by atoms with Gasteiger partial charge in [-0.2, -0.15) is 5.26 Å². The van der Waals surface area contributed by atoms with E-state index in [9.17, 15) is 4.79 Å². The van der Waals surface area contributed by atoms with Crippen molar-refractivity contribution in [3.63, 3.8) is 0 Å². The van der Waals surface area contributed by atoms with Gasteiger partial charge in [-0.15, -0.1) is 0 Å². The first kappa shape index (κ1) is 16.1. The Labute approximate surface area is 145 Å². The average Bonchev–Trinajstić information content (AvgIpc) is 2.65. The molecule has 6 nitrogen and oxygen atoms in total. The summed E-state index contributed by atoms with van der Waals surface area (Å²) in [5.41, 5.74) is 3.45. The van der Waals surface area contributed by atoms with Crippen molar-refractivity contribution >= 4 is 23.2 Å². The molecular weight excluding hydrogens is 314 g/mol. The van der Waals surface area contributed by atoms with Crippen molar-refractivity contribution in [1.82, 2.24) is 9.97 Å². The van der Waals surface area contributed by atoms with Crippen molar-refractivity contribution in [2.24, 2.45) is 0 Å². The number of carbonyl (C=O) groups excluding carboxylic acids is 1. The Kier molecular flexibility index (Phi) is 4.67. The highest BCUT2D eigenvalue weighted by Gasteiger charge is 2.09. The van der Waals surface area contributed by atoms with Crippen LogP contribution in [0.4, 0.5) is 17.3 Å². The summed E-state index contributed by atoms with van der Waals surface area (Å²) in [5.74, 6) is 0.108. The smallest absolute Gasteiger partial charge is 0.258 e. The van der Waals surface area contributed by atoms with E-state index in [-0.39, 0.29) is 5.91 Å². The van der Waals surface area contributed by atoms with Gasteiger partial charge in [0.25, 0.3) is 5.91 Å². The summed E-state index contributed by atoms with van der Waals surface area (Å²) in [6.45, 7) is 1.93. The Bertz CT molecular complexity index is 927. The minimum absolute atomic E-state index is 0.265. The van der Waals surface area contributed by atoms with Gasteiger partial charge in [0.15, 0.2) is 0 Å². The molecule has 3 aromatic rings. The number of nitrogens with one attached hydrogen (secondary N) is 2. The minimum Gasteiger partial charge on any atom is -0.324 e. The van der Waals surface area contributed by atoms with Crippen LogP contribution in [0.25, 0.3) is 0 Å². The molecule has 0 fully saturated rings. The van der Waals surface area contributed by atoms with Crippen LogP contribution in [-0.2, 0) is 0 Å². The highest BCUT2D eigenvalue weighted by Crippen LogP contribution is 2.16. The van der Waals surface area contributed by atoms with Gasteiger partial charge in [-0.3, -0.25) is 4.79 Å². The summed E-state index contributed by atoms with van der Waals surface area (Å²) >= 11 is 0. The van der Waals surface area contributed by atoms with Gasteiger partial charge in [0, 0.05) is 23.8 Å². The molecule has 0 radical (unpaired) electrons. The van der Waals surface area contributed by atoms with E-state index in [0.717, 1.165) is 16.9 Å². The predicted octanol–water partition coefficient (Wildman–Crippen LogP) is 3.65. The third-order valence-corrected chi connectivity index (χ3v) is 3.58. The third-order valence-electron chi connectivity index (χ3n) is 3.58. The zero-order valence-electron chi connectivity index (χ0n) is 13.5. The molecule has 0 aliphatic rings. The Morgan fingerprint density at radius 3 is 2.36 bits per heavy atom. The fourth-order valence-corrected chi connectivity index (χ4v) is 2.17. The fourth-order valence-electron chi connectivity index (χ4n) is 2.17. The van der Waals surface area contributed by atoms with Crippen molar-refractivity contribution in [3.8, 4) is 6.07 Å². The summed E-state index contributed by atoms with van der Waals surface area (Å²) in [6.07, 6.45) is 2.93. The Balaban J connectivity index is 1.68. The number of amides is 1. The molecule has 0 saturated heterocycles. The Hall–Kier alpha value is -3.72. The van der Waals surface area contributed by atoms with Crippen LogP contribution in [0.1, 0.15) is 21.5 Å². The first-order chi connectivity index (χ1) is 12.2. The third kappa shape index (κ3) is 3.98. The molecule has 1 heterocycles. The number of hydrogen-bond acceptors (Lipinski definition) is 5. The van der Waals surface area contributed by atoms with Crippen LogP contribution in [0.15, 0.2) is 60.9 Å². The molecule has 2 N–H and O–H groups in total. The normalized spacial score (nSPS) is 9.92. The van der Waals surface area contributed by atoms with Crippen molar-refractivity contribution < 1.29 is 4.79 Å². The monoisotopic (exact) mass is 329 g/mol. The summed E-state index contributed by atoms with van der Waals surface area (Å²) in [6, 6.07) is 16.5. The summed E-state index contributed by atoms with van der Waals surface area (Å²) in [7, 11) is 0. The number of rotatable bonds is 4. The lowest BCUT2D eigenvalue weighted by molar-refractivity contribution is 0.102. The molecule has 0 bridgehead atoms. The summed E-state index contributed by atoms with van der Waals surface area (Å²) < 4.78 is 0. The van der Waals surface area contributed by atoms with Crippen LogP contribution in [0, 0.1) is 18.3 Å². The first-order valence-corrected chi connectivity index (χ1v) is 7.62. The number of benzene rings is 2. The standard InChI is InChI=1S/C19H15N5O/c1-13-4-2-3-5-17(13)24-18(25)15-11-21-19(22-12-15)23-16-8-6-14(10-20)7-9-16/h2-9,11-12H,1H3,(H,24,25)(H,21,22,23). The van der Waals surface area contributed by atoms with E-state index in [1.165, 1.54) is 12.4 Å². The molecule has 0 aliphatic heterocycles. The van der Waals surface area contributed by atoms with Crippen LogP contribution in [0.2, 0.25) is 0 Å². The van der Waals surface area contributed by atoms with Gasteiger partial charge in [0.1, 0.15) is 0 Å².